The molecule has 1 unspecified atom stereocenters. The first-order valence-corrected chi connectivity index (χ1v) is 10.0. The third-order valence-electron chi connectivity index (χ3n) is 5.71. The van der Waals surface area contributed by atoms with E-state index in [0.717, 1.165) is 25.7 Å². The Bertz CT molecular complexity index is 427. The van der Waals surface area contributed by atoms with E-state index < -0.39 is 23.7 Å². The Morgan fingerprint density at radius 3 is 1.72 bits per heavy atom. The van der Waals surface area contributed by atoms with Crippen LogP contribution < -0.4 is 5.32 Å². The second-order valence-electron chi connectivity index (χ2n) is 8.84. The van der Waals surface area contributed by atoms with E-state index in [-0.39, 0.29) is 5.92 Å². The number of nitrogens with one attached hydrogen (secondary N) is 1. The first kappa shape index (κ1) is 20.1. The van der Waals surface area contributed by atoms with Crippen LogP contribution in [-0.2, 0) is 9.53 Å². The van der Waals surface area contributed by atoms with E-state index in [4.69, 9.17) is 4.74 Å². The van der Waals surface area contributed by atoms with E-state index in [0.29, 0.717) is 11.8 Å². The summed E-state index contributed by atoms with van der Waals surface area (Å²) in [5.74, 6) is -0.113. The minimum absolute atomic E-state index is 0.0191. The maximum atomic E-state index is 12.2. The van der Waals surface area contributed by atoms with E-state index in [2.05, 4.69) is 5.32 Å². The van der Waals surface area contributed by atoms with Crippen LogP contribution in [0.1, 0.15) is 85.0 Å². The van der Waals surface area contributed by atoms with E-state index in [1.165, 1.54) is 38.5 Å². The van der Waals surface area contributed by atoms with Gasteiger partial charge in [0.05, 0.1) is 0 Å². The van der Waals surface area contributed by atoms with Crippen LogP contribution in [0.4, 0.5) is 4.79 Å². The van der Waals surface area contributed by atoms with Crippen LogP contribution in [0.25, 0.3) is 0 Å². The standard InChI is InChI=1S/C20H35NO4/c1-20(2,3)25-19(24)21-17(18(22)23)16(14-10-6-4-7-11-14)15-12-8-5-9-13-15/h14-17H,4-13H2,1-3H3,(H,21,24)(H,22,23). The quantitative estimate of drug-likeness (QED) is 0.748. The van der Waals surface area contributed by atoms with Crippen LogP contribution in [0.3, 0.4) is 0 Å². The van der Waals surface area contributed by atoms with Gasteiger partial charge in [0.15, 0.2) is 0 Å². The summed E-state index contributed by atoms with van der Waals surface area (Å²) in [5, 5.41) is 12.6. The van der Waals surface area contributed by atoms with E-state index in [1.54, 1.807) is 20.8 Å². The van der Waals surface area contributed by atoms with Gasteiger partial charge in [0.25, 0.3) is 0 Å². The van der Waals surface area contributed by atoms with Gasteiger partial charge in [-0.3, -0.25) is 0 Å². The van der Waals surface area contributed by atoms with Crippen LogP contribution in [-0.4, -0.2) is 28.8 Å². The predicted molar refractivity (Wildman–Crippen MR) is 97.4 cm³/mol. The van der Waals surface area contributed by atoms with Crippen LogP contribution in [0, 0.1) is 17.8 Å². The Labute approximate surface area is 151 Å². The first-order chi connectivity index (χ1) is 11.8. The fraction of sp³-hybridized carbons (Fsp3) is 0.900. The zero-order chi connectivity index (χ0) is 18.4. The van der Waals surface area contributed by atoms with Crippen molar-refractivity contribution in [3.8, 4) is 0 Å². The monoisotopic (exact) mass is 353 g/mol. The molecule has 0 aromatic rings. The number of hydrogen-bond donors (Lipinski definition) is 2. The van der Waals surface area contributed by atoms with Gasteiger partial charge in [0.1, 0.15) is 11.6 Å². The zero-order valence-electron chi connectivity index (χ0n) is 16.1. The molecule has 2 rings (SSSR count). The van der Waals surface area contributed by atoms with Crippen molar-refractivity contribution < 1.29 is 19.4 Å². The molecule has 5 heteroatoms. The lowest BCUT2D eigenvalue weighted by atomic mass is 9.66. The van der Waals surface area contributed by atoms with Crippen molar-refractivity contribution in [2.45, 2.75) is 96.6 Å². The van der Waals surface area contributed by atoms with E-state index >= 15 is 0 Å². The molecule has 2 aliphatic carbocycles. The molecular formula is C20H35NO4. The Morgan fingerprint density at radius 2 is 1.36 bits per heavy atom. The van der Waals surface area contributed by atoms with Gasteiger partial charge in [-0.05, 0) is 38.5 Å². The summed E-state index contributed by atoms with van der Waals surface area (Å²) in [6.07, 6.45) is 10.9. The minimum atomic E-state index is -0.924. The van der Waals surface area contributed by atoms with Gasteiger partial charge < -0.3 is 15.2 Å². The molecule has 2 fully saturated rings. The van der Waals surface area contributed by atoms with Gasteiger partial charge in [-0.2, -0.15) is 0 Å². The highest BCUT2D eigenvalue weighted by Gasteiger charge is 2.41. The number of rotatable bonds is 5. The molecule has 0 bridgehead atoms. The SMILES string of the molecule is CC(C)(C)OC(=O)NC(C(=O)O)C(C1CCCCC1)C1CCCCC1. The fourth-order valence-electron chi connectivity index (χ4n) is 4.72. The number of ether oxygens (including phenoxy) is 1. The van der Waals surface area contributed by atoms with Crippen molar-refractivity contribution in [1.82, 2.24) is 5.32 Å². The average molecular weight is 354 g/mol. The van der Waals surface area contributed by atoms with Crippen molar-refractivity contribution in [2.24, 2.45) is 17.8 Å². The summed E-state index contributed by atoms with van der Waals surface area (Å²) in [6, 6.07) is -0.846. The summed E-state index contributed by atoms with van der Waals surface area (Å²) < 4.78 is 5.33. The number of amides is 1. The third kappa shape index (κ3) is 6.19. The van der Waals surface area contributed by atoms with Gasteiger partial charge in [0, 0.05) is 0 Å². The van der Waals surface area contributed by atoms with Crippen LogP contribution in [0.5, 0.6) is 0 Å². The maximum Gasteiger partial charge on any atom is 0.408 e. The van der Waals surface area contributed by atoms with Crippen molar-refractivity contribution in [3.63, 3.8) is 0 Å². The highest BCUT2D eigenvalue weighted by atomic mass is 16.6. The second kappa shape index (κ2) is 8.91. The molecule has 25 heavy (non-hydrogen) atoms. The van der Waals surface area contributed by atoms with E-state index in [9.17, 15) is 14.7 Å². The van der Waals surface area contributed by atoms with Crippen LogP contribution in [0.2, 0.25) is 0 Å². The van der Waals surface area contributed by atoms with E-state index in [1.807, 2.05) is 0 Å². The van der Waals surface area contributed by atoms with Gasteiger partial charge >= 0.3 is 12.1 Å². The molecule has 0 aromatic heterocycles. The molecule has 0 aromatic carbocycles. The molecule has 0 saturated heterocycles. The molecule has 2 saturated carbocycles. The molecule has 1 amide bonds. The maximum absolute atomic E-state index is 12.2. The van der Waals surface area contributed by atoms with Gasteiger partial charge in [0.2, 0.25) is 0 Å². The molecule has 0 radical (unpaired) electrons. The zero-order valence-corrected chi connectivity index (χ0v) is 16.1. The molecule has 0 spiro atoms. The third-order valence-corrected chi connectivity index (χ3v) is 5.71. The number of carboxylic acid groups (broad SMARTS) is 1. The molecule has 144 valence electrons. The topological polar surface area (TPSA) is 75.6 Å². The van der Waals surface area contributed by atoms with Gasteiger partial charge in [-0.25, -0.2) is 9.59 Å². The number of carbonyl (C=O) groups is 2. The smallest absolute Gasteiger partial charge is 0.408 e. The van der Waals surface area contributed by atoms with Crippen LogP contribution >= 0.6 is 0 Å². The molecule has 1 atom stereocenters. The molecule has 5 nitrogen and oxygen atoms in total. The molecule has 0 aliphatic heterocycles. The van der Waals surface area contributed by atoms with Gasteiger partial charge in [-0.15, -0.1) is 0 Å². The summed E-state index contributed by atoms with van der Waals surface area (Å²) in [6.45, 7) is 5.38. The lowest BCUT2D eigenvalue weighted by Gasteiger charge is -2.41. The van der Waals surface area contributed by atoms with Crippen molar-refractivity contribution in [2.75, 3.05) is 0 Å². The van der Waals surface area contributed by atoms with Crippen molar-refractivity contribution >= 4 is 12.1 Å². The molecule has 2 aliphatic rings. The number of alkyl carbamates (subject to hydrolysis) is 1. The summed E-state index contributed by atoms with van der Waals surface area (Å²) in [7, 11) is 0. The number of aliphatic carboxylic acids is 1. The summed E-state index contributed by atoms with van der Waals surface area (Å²) >= 11 is 0. The highest BCUT2D eigenvalue weighted by molar-refractivity contribution is 5.80. The summed E-state index contributed by atoms with van der Waals surface area (Å²) in [4.78, 5) is 24.3. The van der Waals surface area contributed by atoms with Crippen molar-refractivity contribution in [3.05, 3.63) is 0 Å². The van der Waals surface area contributed by atoms with Gasteiger partial charge in [-0.1, -0.05) is 64.2 Å². The minimum Gasteiger partial charge on any atom is -0.480 e. The fourth-order valence-corrected chi connectivity index (χ4v) is 4.72. The Morgan fingerprint density at radius 1 is 0.920 bits per heavy atom. The Hall–Kier alpha value is -1.26. The predicted octanol–water partition coefficient (Wildman–Crippen LogP) is 4.74. The molecule has 2 N–H and O–H groups in total. The molecule has 0 heterocycles. The lowest BCUT2D eigenvalue weighted by molar-refractivity contribution is -0.143. The first-order valence-electron chi connectivity index (χ1n) is 10.0. The lowest BCUT2D eigenvalue weighted by Crippen LogP contribution is -2.52. The number of hydrogen-bond acceptors (Lipinski definition) is 3. The summed E-state index contributed by atoms with van der Waals surface area (Å²) in [5.41, 5.74) is -0.627. The highest BCUT2D eigenvalue weighted by Crippen LogP contribution is 2.41. The molecular weight excluding hydrogens is 318 g/mol. The Kier molecular flexibility index (Phi) is 7.14. The number of carboxylic acids is 1. The largest absolute Gasteiger partial charge is 0.480 e. The number of carbonyl (C=O) groups excluding carboxylic acids is 1. The normalized spacial score (nSPS) is 21.8. The second-order valence-corrected chi connectivity index (χ2v) is 8.84. The van der Waals surface area contributed by atoms with Crippen LogP contribution in [0.15, 0.2) is 0 Å². The average Bonchev–Trinajstić information content (AvgIpc) is 2.54. The Balaban J connectivity index is 2.16. The van der Waals surface area contributed by atoms with Crippen molar-refractivity contribution in [1.29, 1.82) is 0 Å².